The lowest BCUT2D eigenvalue weighted by Gasteiger charge is -2.26. The lowest BCUT2D eigenvalue weighted by Crippen LogP contribution is -2.10. The van der Waals surface area contributed by atoms with Crippen molar-refractivity contribution < 1.29 is 0 Å². The highest BCUT2D eigenvalue weighted by molar-refractivity contribution is 5.82. The average Bonchev–Trinajstić information content (AvgIpc) is 2.72. The molecule has 1 heterocycles. The summed E-state index contributed by atoms with van der Waals surface area (Å²) < 4.78 is 0. The normalized spacial score (nSPS) is 14.7. The first kappa shape index (κ1) is 16.3. The molecule has 0 radical (unpaired) electrons. The Balaban J connectivity index is 1.56. The molecule has 3 aromatic rings. The molecular weight excluding hydrogens is 326 g/mol. The Morgan fingerprint density at radius 2 is 1.70 bits per heavy atom. The molecule has 0 atom stereocenters. The number of allylic oxidation sites excluding steroid dienone is 1. The quantitative estimate of drug-likeness (QED) is 0.530. The Kier molecular flexibility index (Phi) is 4.01. The summed E-state index contributed by atoms with van der Waals surface area (Å²) in [6.45, 7) is 2.02. The summed E-state index contributed by atoms with van der Waals surface area (Å²) in [6, 6.07) is 15.6. The molecule has 5 rings (SSSR count). The van der Waals surface area contributed by atoms with Crippen LogP contribution in [0, 0.1) is 6.92 Å². The Bertz CT molecular complexity index is 1070. The van der Waals surface area contributed by atoms with E-state index in [0.29, 0.717) is 0 Å². The van der Waals surface area contributed by atoms with Gasteiger partial charge in [-0.15, -0.1) is 0 Å². The van der Waals surface area contributed by atoms with Gasteiger partial charge in [0.25, 0.3) is 0 Å². The third-order valence-corrected chi connectivity index (χ3v) is 5.84. The van der Waals surface area contributed by atoms with Gasteiger partial charge in [-0.2, -0.15) is 0 Å². The van der Waals surface area contributed by atoms with Crippen LogP contribution >= 0.6 is 0 Å². The van der Waals surface area contributed by atoms with Gasteiger partial charge in [-0.1, -0.05) is 60.7 Å². The fourth-order valence-corrected chi connectivity index (χ4v) is 4.44. The van der Waals surface area contributed by atoms with Gasteiger partial charge < -0.3 is 0 Å². The van der Waals surface area contributed by atoms with Crippen molar-refractivity contribution in [1.29, 1.82) is 0 Å². The maximum Gasteiger partial charge on any atom is 0.0373 e. The minimum absolute atomic E-state index is 1.05. The maximum atomic E-state index is 4.39. The first-order valence-electron chi connectivity index (χ1n) is 9.84. The second-order valence-electron chi connectivity index (χ2n) is 7.54. The third-order valence-electron chi connectivity index (χ3n) is 5.84. The van der Waals surface area contributed by atoms with E-state index in [4.69, 9.17) is 0 Å². The smallest absolute Gasteiger partial charge is 0.0373 e. The van der Waals surface area contributed by atoms with Crippen molar-refractivity contribution in [3.8, 4) is 11.1 Å². The van der Waals surface area contributed by atoms with Crippen molar-refractivity contribution in [2.24, 2.45) is 0 Å². The summed E-state index contributed by atoms with van der Waals surface area (Å²) in [5.41, 5.74) is 12.4. The van der Waals surface area contributed by atoms with Crippen LogP contribution in [-0.2, 0) is 19.3 Å². The van der Waals surface area contributed by atoms with Gasteiger partial charge in [0.2, 0.25) is 0 Å². The number of aromatic nitrogens is 1. The minimum Gasteiger partial charge on any atom is -0.261 e. The Morgan fingerprint density at radius 1 is 0.815 bits per heavy atom. The van der Waals surface area contributed by atoms with Crippen LogP contribution < -0.4 is 0 Å². The van der Waals surface area contributed by atoms with Crippen LogP contribution in [0.1, 0.15) is 45.5 Å². The van der Waals surface area contributed by atoms with Gasteiger partial charge in [-0.25, -0.2) is 0 Å². The van der Waals surface area contributed by atoms with E-state index in [1.807, 2.05) is 13.1 Å². The van der Waals surface area contributed by atoms with E-state index in [1.54, 1.807) is 11.1 Å². The van der Waals surface area contributed by atoms with E-state index >= 15 is 0 Å². The fraction of sp³-hybridized carbons (Fsp3) is 0.192. The Hall–Kier alpha value is -2.93. The van der Waals surface area contributed by atoms with Crippen LogP contribution in [0.2, 0.25) is 0 Å². The van der Waals surface area contributed by atoms with E-state index in [2.05, 4.69) is 71.8 Å². The molecule has 0 spiro atoms. The van der Waals surface area contributed by atoms with Crippen LogP contribution in [0.3, 0.4) is 0 Å². The van der Waals surface area contributed by atoms with Gasteiger partial charge >= 0.3 is 0 Å². The molecule has 1 aromatic heterocycles. The monoisotopic (exact) mass is 349 g/mol. The molecule has 0 aliphatic heterocycles. The molecule has 1 heteroatoms. The standard InChI is InChI=1S/C26H23N/c1-18-9-10-19(17-27-18)11-12-21-6-4-8-24-23(21)15-16-25-22-7-3-2-5-20(22)13-14-26(24)25/h2,4-6,8-14,17H,3,7,15-16H2,1H3/b12-11-. The molecule has 132 valence electrons. The topological polar surface area (TPSA) is 12.9 Å². The molecule has 2 aliphatic carbocycles. The molecule has 0 saturated heterocycles. The van der Waals surface area contributed by atoms with Crippen LogP contribution in [-0.4, -0.2) is 4.98 Å². The van der Waals surface area contributed by atoms with Crippen molar-refractivity contribution in [2.45, 2.75) is 32.6 Å². The maximum absolute atomic E-state index is 4.39. The molecule has 2 aromatic carbocycles. The van der Waals surface area contributed by atoms with Gasteiger partial charge in [0.1, 0.15) is 0 Å². The fourth-order valence-electron chi connectivity index (χ4n) is 4.44. The van der Waals surface area contributed by atoms with Gasteiger partial charge in [0.05, 0.1) is 0 Å². The number of nitrogens with zero attached hydrogens (tertiary/aromatic N) is 1. The molecule has 1 nitrogen and oxygen atoms in total. The molecule has 2 aliphatic rings. The summed E-state index contributed by atoms with van der Waals surface area (Å²) in [6.07, 6.45) is 15.6. The molecule has 0 saturated carbocycles. The van der Waals surface area contributed by atoms with Crippen molar-refractivity contribution in [1.82, 2.24) is 4.98 Å². The molecule has 0 N–H and O–H groups in total. The zero-order valence-electron chi connectivity index (χ0n) is 15.7. The number of aryl methyl sites for hydroxylation is 1. The number of hydrogen-bond acceptors (Lipinski definition) is 1. The summed E-state index contributed by atoms with van der Waals surface area (Å²) in [7, 11) is 0. The molecule has 0 fully saturated rings. The highest BCUT2D eigenvalue weighted by Crippen LogP contribution is 2.39. The van der Waals surface area contributed by atoms with E-state index in [0.717, 1.165) is 24.1 Å². The lowest BCUT2D eigenvalue weighted by atomic mass is 9.78. The largest absolute Gasteiger partial charge is 0.261 e. The van der Waals surface area contributed by atoms with Crippen LogP contribution in [0.15, 0.2) is 54.7 Å². The van der Waals surface area contributed by atoms with Gasteiger partial charge in [-0.05, 0) is 83.2 Å². The van der Waals surface area contributed by atoms with Crippen molar-refractivity contribution >= 4 is 18.2 Å². The Morgan fingerprint density at radius 3 is 2.59 bits per heavy atom. The van der Waals surface area contributed by atoms with E-state index in [-0.39, 0.29) is 0 Å². The van der Waals surface area contributed by atoms with Crippen molar-refractivity contribution in [2.75, 3.05) is 0 Å². The van der Waals surface area contributed by atoms with Gasteiger partial charge in [0.15, 0.2) is 0 Å². The Labute approximate surface area is 161 Å². The SMILES string of the molecule is Cc1ccc(/C=C\c2cccc3c2CCc2c-3ccc3c2CCC=C3)cn1. The second kappa shape index (κ2) is 6.66. The summed E-state index contributed by atoms with van der Waals surface area (Å²) in [5, 5.41) is 0. The molecule has 0 amide bonds. The average molecular weight is 349 g/mol. The van der Waals surface area contributed by atoms with E-state index < -0.39 is 0 Å². The van der Waals surface area contributed by atoms with Crippen LogP contribution in [0.25, 0.3) is 29.4 Å². The first-order valence-corrected chi connectivity index (χ1v) is 9.84. The molecular formula is C26H23N. The minimum atomic E-state index is 1.05. The van der Waals surface area contributed by atoms with Gasteiger partial charge in [0, 0.05) is 11.9 Å². The summed E-state index contributed by atoms with van der Waals surface area (Å²) in [5.74, 6) is 0. The lowest BCUT2D eigenvalue weighted by molar-refractivity contribution is 0.886. The van der Waals surface area contributed by atoms with Crippen LogP contribution in [0.5, 0.6) is 0 Å². The van der Waals surface area contributed by atoms with Crippen molar-refractivity contribution in [3.63, 3.8) is 0 Å². The molecule has 0 unspecified atom stereocenters. The first-order chi connectivity index (χ1) is 13.3. The number of fused-ring (bicyclic) bond motifs is 5. The highest BCUT2D eigenvalue weighted by Gasteiger charge is 2.22. The summed E-state index contributed by atoms with van der Waals surface area (Å²) >= 11 is 0. The predicted octanol–water partition coefficient (Wildman–Crippen LogP) is 6.29. The molecule has 0 bridgehead atoms. The number of hydrogen-bond donors (Lipinski definition) is 0. The number of rotatable bonds is 2. The highest BCUT2D eigenvalue weighted by atomic mass is 14.6. The second-order valence-corrected chi connectivity index (χ2v) is 7.54. The zero-order chi connectivity index (χ0) is 18.2. The van der Waals surface area contributed by atoms with E-state index in [1.165, 1.54) is 40.7 Å². The van der Waals surface area contributed by atoms with Crippen LogP contribution in [0.4, 0.5) is 0 Å². The summed E-state index contributed by atoms with van der Waals surface area (Å²) in [4.78, 5) is 4.39. The van der Waals surface area contributed by atoms with Crippen molar-refractivity contribution in [3.05, 3.63) is 93.8 Å². The number of pyridine rings is 1. The zero-order valence-corrected chi connectivity index (χ0v) is 15.7. The molecule has 27 heavy (non-hydrogen) atoms. The predicted molar refractivity (Wildman–Crippen MR) is 115 cm³/mol. The number of benzene rings is 2. The van der Waals surface area contributed by atoms with Gasteiger partial charge in [-0.3, -0.25) is 4.98 Å². The third kappa shape index (κ3) is 2.94. The van der Waals surface area contributed by atoms with E-state index in [9.17, 15) is 0 Å².